The molecule has 0 aliphatic heterocycles. The van der Waals surface area contributed by atoms with E-state index < -0.39 is 0 Å². The number of thiophene rings is 1. The number of pyridine rings is 1. The smallest absolute Gasteiger partial charge is 0.164 e. The van der Waals surface area contributed by atoms with Crippen LogP contribution in [0.4, 0.5) is 0 Å². The fourth-order valence-corrected chi connectivity index (χ4v) is 7.75. The number of aryl methyl sites for hydroxylation is 2. The molecular formula is C46H54IrNO3S-. The molecule has 6 aromatic rings. The number of carbonyl (C=O) groups is 1. The molecule has 3 heterocycles. The van der Waals surface area contributed by atoms with Gasteiger partial charge in [-0.15, -0.1) is 40.5 Å². The molecular weight excluding hydrogens is 839 g/mol. The summed E-state index contributed by atoms with van der Waals surface area (Å²) in [6.45, 7) is 23.2. The number of carbonyl (C=O) groups excluding carboxylic acids is 1. The van der Waals surface area contributed by atoms with Crippen molar-refractivity contribution in [2.24, 2.45) is 10.8 Å². The molecule has 1 radical (unpaired) electrons. The van der Waals surface area contributed by atoms with Crippen LogP contribution in [0.15, 0.2) is 83.1 Å². The van der Waals surface area contributed by atoms with E-state index in [0.717, 1.165) is 64.6 Å². The Bertz CT molecular complexity index is 2220. The van der Waals surface area contributed by atoms with E-state index >= 15 is 0 Å². The Labute approximate surface area is 328 Å². The van der Waals surface area contributed by atoms with Gasteiger partial charge >= 0.3 is 0 Å². The molecule has 0 spiro atoms. The Balaban J connectivity index is 0.000000289. The molecule has 0 aliphatic carbocycles. The van der Waals surface area contributed by atoms with Crippen molar-refractivity contribution < 1.29 is 34.4 Å². The second-order valence-electron chi connectivity index (χ2n) is 15.4. The third-order valence-corrected chi connectivity index (χ3v) is 12.4. The summed E-state index contributed by atoms with van der Waals surface area (Å²) in [5.74, 6) is 1.23. The van der Waals surface area contributed by atoms with Crippen LogP contribution in [0.1, 0.15) is 104 Å². The number of aliphatic hydroxyl groups is 1. The van der Waals surface area contributed by atoms with Crippen LogP contribution < -0.4 is 0 Å². The van der Waals surface area contributed by atoms with Gasteiger partial charge in [-0.3, -0.25) is 9.78 Å². The fraction of sp³-hybridized carbons (Fsp3) is 0.391. The van der Waals surface area contributed by atoms with Gasteiger partial charge in [-0.2, -0.15) is 0 Å². The number of fused-ring (bicyclic) bond motifs is 3. The Morgan fingerprint density at radius 3 is 2.06 bits per heavy atom. The van der Waals surface area contributed by atoms with Crippen LogP contribution in [-0.2, 0) is 30.3 Å². The van der Waals surface area contributed by atoms with Crippen LogP contribution >= 0.6 is 11.3 Å². The number of aliphatic hydroxyl groups excluding tert-OH is 1. The maximum Gasteiger partial charge on any atom is 0.164 e. The van der Waals surface area contributed by atoms with E-state index in [9.17, 15) is 9.90 Å². The topological polar surface area (TPSA) is 63.3 Å². The van der Waals surface area contributed by atoms with Crippen LogP contribution in [0.2, 0.25) is 0 Å². The third-order valence-electron chi connectivity index (χ3n) is 11.3. The molecule has 3 aromatic heterocycles. The van der Waals surface area contributed by atoms with Gasteiger partial charge in [0.2, 0.25) is 0 Å². The van der Waals surface area contributed by atoms with E-state index in [1.54, 1.807) is 0 Å². The summed E-state index contributed by atoms with van der Waals surface area (Å²) in [7, 11) is 0. The Morgan fingerprint density at radius 2 is 1.44 bits per heavy atom. The van der Waals surface area contributed by atoms with Crippen LogP contribution in [0.25, 0.3) is 54.4 Å². The molecule has 0 unspecified atom stereocenters. The van der Waals surface area contributed by atoms with Crippen LogP contribution in [-0.4, -0.2) is 15.9 Å². The van der Waals surface area contributed by atoms with Crippen molar-refractivity contribution in [3.63, 3.8) is 0 Å². The van der Waals surface area contributed by atoms with E-state index in [0.29, 0.717) is 0 Å². The predicted octanol–water partition coefficient (Wildman–Crippen LogP) is 13.9. The zero-order valence-corrected chi connectivity index (χ0v) is 35.9. The number of furan rings is 1. The minimum absolute atomic E-state index is 0. The van der Waals surface area contributed by atoms with E-state index in [4.69, 9.17) is 9.40 Å². The molecule has 1 N–H and O–H groups in total. The SMILES string of the molecule is CCC(C)(CC)C(=O)/C=C(\O)C(C)(CC)CC.Cc1sc2ccccc2c1-c1oc2c(-c3[c-]c4ccccc4c(C(C)(C)C)c3)nccc2c1C.[Ir]. The minimum atomic E-state index is -0.337. The first-order valence-corrected chi connectivity index (χ1v) is 19.2. The van der Waals surface area contributed by atoms with Crippen LogP contribution in [0, 0.1) is 30.7 Å². The van der Waals surface area contributed by atoms with Crippen LogP contribution in [0.3, 0.4) is 0 Å². The molecule has 0 fully saturated rings. The molecule has 52 heavy (non-hydrogen) atoms. The Morgan fingerprint density at radius 1 is 0.846 bits per heavy atom. The van der Waals surface area contributed by atoms with Crippen LogP contribution in [0.5, 0.6) is 0 Å². The van der Waals surface area contributed by atoms with Crippen molar-refractivity contribution >= 4 is 48.9 Å². The number of hydrogen-bond acceptors (Lipinski definition) is 5. The molecule has 6 rings (SSSR count). The summed E-state index contributed by atoms with van der Waals surface area (Å²) in [5, 5.41) is 14.8. The van der Waals surface area contributed by atoms with Gasteiger partial charge in [0.05, 0.1) is 0 Å². The third kappa shape index (κ3) is 7.86. The number of benzene rings is 3. The number of nitrogens with zero attached hydrogens (tertiary/aromatic N) is 1. The standard InChI is InChI=1S/C31H26NOS.C15H28O2.Ir/c1-18-22-14-15-32-28(21-16-20-10-6-7-11-23(20)25(17-21)31(3,4)5)30(22)33-29(18)27-19(2)34-26-13-9-8-12-24(26)27;1-7-14(5,8-2)12(16)11-13(17)15(6,9-3)10-4;/h6-15,17H,1-5H3;11,16H,7-10H2,1-6H3;/q-1;;/b;12-11-;. The summed E-state index contributed by atoms with van der Waals surface area (Å²) < 4.78 is 7.96. The van der Waals surface area contributed by atoms with Crippen molar-refractivity contribution in [1.82, 2.24) is 4.98 Å². The fourth-order valence-electron chi connectivity index (χ4n) is 6.69. The van der Waals surface area contributed by atoms with Gasteiger partial charge < -0.3 is 9.52 Å². The predicted molar refractivity (Wildman–Crippen MR) is 218 cm³/mol. The molecule has 4 nitrogen and oxygen atoms in total. The number of rotatable bonds is 9. The molecule has 3 aromatic carbocycles. The minimum Gasteiger partial charge on any atom is -0.512 e. The van der Waals surface area contributed by atoms with E-state index in [-0.39, 0.29) is 47.9 Å². The van der Waals surface area contributed by atoms with Crippen molar-refractivity contribution in [1.29, 1.82) is 0 Å². The second kappa shape index (κ2) is 16.2. The zero-order chi connectivity index (χ0) is 37.3. The van der Waals surface area contributed by atoms with E-state index in [2.05, 4.69) is 101 Å². The van der Waals surface area contributed by atoms with Gasteiger partial charge in [0.1, 0.15) is 17.1 Å². The van der Waals surface area contributed by atoms with Gasteiger partial charge in [-0.1, -0.05) is 110 Å². The summed E-state index contributed by atoms with van der Waals surface area (Å²) in [6, 6.07) is 25.0. The monoisotopic (exact) mass is 893 g/mol. The number of allylic oxidation sites excluding steroid dienone is 2. The summed E-state index contributed by atoms with van der Waals surface area (Å²) >= 11 is 1.82. The summed E-state index contributed by atoms with van der Waals surface area (Å²) in [5.41, 5.74) is 5.68. The van der Waals surface area contributed by atoms with E-state index in [1.807, 2.05) is 59.1 Å². The molecule has 6 heteroatoms. The molecule has 0 amide bonds. The zero-order valence-electron chi connectivity index (χ0n) is 32.7. The quantitative estimate of drug-likeness (QED) is 0.0892. The largest absolute Gasteiger partial charge is 0.512 e. The number of ketones is 1. The molecule has 0 bridgehead atoms. The summed E-state index contributed by atoms with van der Waals surface area (Å²) in [6.07, 6.45) is 6.65. The first-order chi connectivity index (χ1) is 24.1. The molecule has 277 valence electrons. The molecule has 0 saturated heterocycles. The van der Waals surface area contributed by atoms with Gasteiger partial charge in [-0.25, -0.2) is 0 Å². The normalized spacial score (nSPS) is 12.6. The molecule has 0 saturated carbocycles. The van der Waals surface area contributed by atoms with Gasteiger partial charge in [-0.05, 0) is 57.1 Å². The Kier molecular flexibility index (Phi) is 12.8. The number of aromatic nitrogens is 1. The van der Waals surface area contributed by atoms with Crippen molar-refractivity contribution in [2.45, 2.75) is 107 Å². The van der Waals surface area contributed by atoms with Crippen molar-refractivity contribution in [3.8, 4) is 22.6 Å². The first-order valence-electron chi connectivity index (χ1n) is 18.4. The van der Waals surface area contributed by atoms with Gasteiger partial charge in [0.15, 0.2) is 5.78 Å². The van der Waals surface area contributed by atoms with E-state index in [1.165, 1.54) is 37.6 Å². The molecule has 0 aliphatic rings. The van der Waals surface area contributed by atoms with Crippen molar-refractivity contribution in [3.05, 3.63) is 101 Å². The van der Waals surface area contributed by atoms with Gasteiger partial charge in [0, 0.05) is 80.4 Å². The molecule has 0 atom stereocenters. The Hall–Kier alpha value is -3.57. The summed E-state index contributed by atoms with van der Waals surface area (Å²) in [4.78, 5) is 18.3. The van der Waals surface area contributed by atoms with Crippen molar-refractivity contribution in [2.75, 3.05) is 0 Å². The second-order valence-corrected chi connectivity index (χ2v) is 16.7. The maximum atomic E-state index is 12.2. The average Bonchev–Trinajstić information content (AvgIpc) is 3.64. The maximum absolute atomic E-state index is 12.2. The average molecular weight is 893 g/mol. The first kappa shape index (κ1) is 41.2. The number of hydrogen-bond donors (Lipinski definition) is 1. The van der Waals surface area contributed by atoms with Gasteiger partial charge in [0.25, 0.3) is 0 Å².